The third kappa shape index (κ3) is 3.93. The summed E-state index contributed by atoms with van der Waals surface area (Å²) in [6.07, 6.45) is 1.35. The zero-order chi connectivity index (χ0) is 17.8. The van der Waals surface area contributed by atoms with E-state index >= 15 is 0 Å². The van der Waals surface area contributed by atoms with Gasteiger partial charge in [-0.25, -0.2) is 9.78 Å². The van der Waals surface area contributed by atoms with Gasteiger partial charge in [0.2, 0.25) is 11.8 Å². The first kappa shape index (κ1) is 17.3. The predicted octanol–water partition coefficient (Wildman–Crippen LogP) is 3.13. The molecule has 2 heterocycles. The molecule has 3 rings (SSSR count). The van der Waals surface area contributed by atoms with Crippen molar-refractivity contribution < 1.29 is 18.7 Å². The van der Waals surface area contributed by atoms with Crippen LogP contribution in [0.15, 0.2) is 45.9 Å². The highest BCUT2D eigenvalue weighted by Gasteiger charge is 2.29. The van der Waals surface area contributed by atoms with Crippen LogP contribution in [0.1, 0.15) is 18.4 Å². The number of amides is 1. The summed E-state index contributed by atoms with van der Waals surface area (Å²) in [5.74, 6) is 0.950. The fourth-order valence-corrected chi connectivity index (χ4v) is 3.34. The van der Waals surface area contributed by atoms with Gasteiger partial charge in [0.05, 0.1) is 30.0 Å². The number of benzene rings is 1. The van der Waals surface area contributed by atoms with E-state index in [1.165, 1.54) is 17.8 Å². The van der Waals surface area contributed by atoms with Crippen molar-refractivity contribution in [1.29, 1.82) is 0 Å². The normalized spacial score (nSPS) is 15.8. The van der Waals surface area contributed by atoms with Crippen LogP contribution in [0, 0.1) is 6.92 Å². The van der Waals surface area contributed by atoms with Crippen molar-refractivity contribution in [2.24, 2.45) is 0 Å². The van der Waals surface area contributed by atoms with Gasteiger partial charge in [0, 0.05) is 5.56 Å². The van der Waals surface area contributed by atoms with Crippen LogP contribution >= 0.6 is 11.8 Å². The number of aromatic nitrogens is 1. The van der Waals surface area contributed by atoms with Crippen LogP contribution < -0.4 is 0 Å². The van der Waals surface area contributed by atoms with Gasteiger partial charge in [0.1, 0.15) is 11.5 Å². The van der Waals surface area contributed by atoms with Crippen LogP contribution in [0.5, 0.6) is 0 Å². The number of hydrogen-bond donors (Lipinski definition) is 0. The van der Waals surface area contributed by atoms with Crippen molar-refractivity contribution in [1.82, 2.24) is 9.88 Å². The lowest BCUT2D eigenvalue weighted by atomic mass is 10.2. The van der Waals surface area contributed by atoms with E-state index in [9.17, 15) is 9.59 Å². The molecule has 0 saturated carbocycles. The van der Waals surface area contributed by atoms with Crippen LogP contribution in [0.4, 0.5) is 0 Å². The van der Waals surface area contributed by atoms with E-state index in [1.807, 2.05) is 37.3 Å². The van der Waals surface area contributed by atoms with E-state index in [-0.39, 0.29) is 12.5 Å². The quantitative estimate of drug-likeness (QED) is 0.604. The minimum absolute atomic E-state index is 0.0655. The molecule has 0 atom stereocenters. The van der Waals surface area contributed by atoms with Gasteiger partial charge >= 0.3 is 5.97 Å². The molecule has 1 aromatic carbocycles. The topological polar surface area (TPSA) is 72.6 Å². The van der Waals surface area contributed by atoms with Crippen LogP contribution in [0.3, 0.4) is 0 Å². The first-order valence-electron chi connectivity index (χ1n) is 7.91. The Hall–Kier alpha value is -2.54. The number of thioether (sulfide) groups is 1. The Bertz CT molecular complexity index is 814. The minimum Gasteiger partial charge on any atom is -0.463 e. The molecule has 2 aromatic rings. The van der Waals surface area contributed by atoms with Crippen molar-refractivity contribution in [2.45, 2.75) is 20.4 Å². The first-order valence-corrected chi connectivity index (χ1v) is 8.90. The molecule has 0 unspecified atom stereocenters. The maximum atomic E-state index is 12.2. The van der Waals surface area contributed by atoms with Gasteiger partial charge in [0.15, 0.2) is 0 Å². The van der Waals surface area contributed by atoms with Crippen LogP contribution in [-0.4, -0.2) is 34.1 Å². The maximum Gasteiger partial charge on any atom is 0.333 e. The molecule has 0 N–H and O–H groups in total. The number of hydrogen-bond acceptors (Lipinski definition) is 6. The summed E-state index contributed by atoms with van der Waals surface area (Å²) < 4.78 is 10.7. The molecule has 1 fully saturated rings. The maximum absolute atomic E-state index is 12.2. The lowest BCUT2D eigenvalue weighted by Crippen LogP contribution is -2.25. The largest absolute Gasteiger partial charge is 0.463 e. The molecular formula is C18H18N2O4S. The fraction of sp³-hybridized carbons (Fsp3) is 0.278. The lowest BCUT2D eigenvalue weighted by molar-refractivity contribution is -0.137. The smallest absolute Gasteiger partial charge is 0.333 e. The molecule has 7 heteroatoms. The lowest BCUT2D eigenvalue weighted by Gasteiger charge is -2.15. The van der Waals surface area contributed by atoms with Crippen LogP contribution in [0.25, 0.3) is 11.5 Å². The van der Waals surface area contributed by atoms with Crippen molar-refractivity contribution in [3.8, 4) is 11.5 Å². The monoisotopic (exact) mass is 358 g/mol. The predicted molar refractivity (Wildman–Crippen MR) is 94.4 cm³/mol. The number of rotatable bonds is 5. The van der Waals surface area contributed by atoms with Gasteiger partial charge in [-0.2, -0.15) is 0 Å². The van der Waals surface area contributed by atoms with Crippen molar-refractivity contribution >= 4 is 23.6 Å². The molecule has 0 radical (unpaired) electrons. The Kier molecular flexibility index (Phi) is 5.23. The second-order valence-corrected chi connectivity index (χ2v) is 6.39. The second kappa shape index (κ2) is 7.57. The molecule has 25 heavy (non-hydrogen) atoms. The van der Waals surface area contributed by atoms with E-state index in [2.05, 4.69) is 4.98 Å². The van der Waals surface area contributed by atoms with E-state index in [4.69, 9.17) is 9.15 Å². The summed E-state index contributed by atoms with van der Waals surface area (Å²) in [7, 11) is 0. The highest BCUT2D eigenvalue weighted by atomic mass is 32.2. The van der Waals surface area contributed by atoms with E-state index < -0.39 is 5.97 Å². The average Bonchev–Trinajstić information content (AvgIpc) is 3.14. The zero-order valence-corrected chi connectivity index (χ0v) is 14.8. The molecule has 0 spiro atoms. The molecular weight excluding hydrogens is 340 g/mol. The minimum atomic E-state index is -0.452. The highest BCUT2D eigenvalue weighted by Crippen LogP contribution is 2.31. The number of ether oxygens (including phenoxy) is 1. The summed E-state index contributed by atoms with van der Waals surface area (Å²) in [5.41, 5.74) is 1.55. The molecule has 130 valence electrons. The Morgan fingerprint density at radius 3 is 2.88 bits per heavy atom. The Morgan fingerprint density at radius 2 is 2.16 bits per heavy atom. The number of carbonyl (C=O) groups excluding carboxylic acids is 2. The molecule has 6 nitrogen and oxygen atoms in total. The van der Waals surface area contributed by atoms with Gasteiger partial charge in [-0.3, -0.25) is 9.69 Å². The number of nitrogens with zero attached hydrogens (tertiary/aromatic N) is 2. The zero-order valence-electron chi connectivity index (χ0n) is 14.0. The Balaban J connectivity index is 1.82. The second-order valence-electron chi connectivity index (χ2n) is 5.39. The number of carbonyl (C=O) groups is 2. The molecule has 0 aliphatic carbocycles. The van der Waals surface area contributed by atoms with Crippen molar-refractivity contribution in [3.05, 3.63) is 52.9 Å². The third-order valence-corrected chi connectivity index (χ3v) is 4.69. The molecule has 1 aliphatic rings. The van der Waals surface area contributed by atoms with E-state index in [0.29, 0.717) is 34.7 Å². The van der Waals surface area contributed by atoms with E-state index in [1.54, 1.807) is 11.8 Å². The third-order valence-electron chi connectivity index (χ3n) is 3.66. The summed E-state index contributed by atoms with van der Waals surface area (Å²) in [6, 6.07) is 9.58. The van der Waals surface area contributed by atoms with Crippen molar-refractivity contribution in [3.63, 3.8) is 0 Å². The van der Waals surface area contributed by atoms with Crippen molar-refractivity contribution in [2.75, 3.05) is 12.4 Å². The van der Waals surface area contributed by atoms with Crippen LogP contribution in [0.2, 0.25) is 0 Å². The summed E-state index contributed by atoms with van der Waals surface area (Å²) in [5, 5.41) is 0.576. The highest BCUT2D eigenvalue weighted by molar-refractivity contribution is 8.04. The molecule has 0 bridgehead atoms. The molecule has 1 aliphatic heterocycles. The molecule has 1 amide bonds. The SMILES string of the molecule is CCOC(=O)/C=C1/SCC(=O)N1Cc1nc(-c2ccccc2)oc1C. The first-order chi connectivity index (χ1) is 12.1. The molecule has 1 saturated heterocycles. The fourth-order valence-electron chi connectivity index (χ4n) is 2.41. The standard InChI is InChI=1S/C18H18N2O4S/c1-3-23-17(22)9-16-20(15(21)11-25-16)10-14-12(2)24-18(19-14)13-7-5-4-6-8-13/h4-9H,3,10-11H2,1-2H3/b16-9+. The Morgan fingerprint density at radius 1 is 1.40 bits per heavy atom. The summed E-state index contributed by atoms with van der Waals surface area (Å²) in [6.45, 7) is 4.12. The summed E-state index contributed by atoms with van der Waals surface area (Å²) in [4.78, 5) is 29.9. The van der Waals surface area contributed by atoms with Gasteiger partial charge < -0.3 is 9.15 Å². The average molecular weight is 358 g/mol. The van der Waals surface area contributed by atoms with Crippen LogP contribution in [-0.2, 0) is 20.9 Å². The Labute approximate surface area is 149 Å². The van der Waals surface area contributed by atoms with Gasteiger partial charge in [-0.15, -0.1) is 0 Å². The number of aryl methyl sites for hydroxylation is 1. The number of oxazole rings is 1. The van der Waals surface area contributed by atoms with E-state index in [0.717, 1.165) is 5.56 Å². The summed E-state index contributed by atoms with van der Waals surface area (Å²) >= 11 is 1.32. The van der Waals surface area contributed by atoms with Gasteiger partial charge in [-0.05, 0) is 26.0 Å². The van der Waals surface area contributed by atoms with Gasteiger partial charge in [-0.1, -0.05) is 30.0 Å². The number of esters is 1. The van der Waals surface area contributed by atoms with Gasteiger partial charge in [0.25, 0.3) is 0 Å². The molecule has 1 aromatic heterocycles.